The normalized spacial score (nSPS) is 16.0. The van der Waals surface area contributed by atoms with Crippen molar-refractivity contribution in [1.29, 1.82) is 0 Å². The first-order chi connectivity index (χ1) is 10.2. The van der Waals surface area contributed by atoms with E-state index in [2.05, 4.69) is 16.8 Å². The Bertz CT molecular complexity index is 482. The molecule has 0 saturated carbocycles. The van der Waals surface area contributed by atoms with Gasteiger partial charge in [0.1, 0.15) is 0 Å². The first-order valence-electron chi connectivity index (χ1n) is 7.83. The smallest absolute Gasteiger partial charge is 0.340 e. The SMILES string of the molecule is CCCC1CCN(c2nccc(C(=O)OCC)c2N)CC1. The van der Waals surface area contributed by atoms with Gasteiger partial charge in [0.2, 0.25) is 0 Å². The number of nitrogen functional groups attached to an aromatic ring is 1. The highest BCUT2D eigenvalue weighted by molar-refractivity contribution is 5.97. The van der Waals surface area contributed by atoms with Gasteiger partial charge in [-0.05, 0) is 31.7 Å². The van der Waals surface area contributed by atoms with Gasteiger partial charge in [0.25, 0.3) is 0 Å². The van der Waals surface area contributed by atoms with E-state index < -0.39 is 0 Å². The highest BCUT2D eigenvalue weighted by atomic mass is 16.5. The van der Waals surface area contributed by atoms with E-state index in [1.807, 2.05) is 0 Å². The summed E-state index contributed by atoms with van der Waals surface area (Å²) in [4.78, 5) is 18.4. The van der Waals surface area contributed by atoms with Gasteiger partial charge in [-0.2, -0.15) is 0 Å². The molecule has 21 heavy (non-hydrogen) atoms. The van der Waals surface area contributed by atoms with Crippen molar-refractivity contribution < 1.29 is 9.53 Å². The Balaban J connectivity index is 2.11. The van der Waals surface area contributed by atoms with Crippen LogP contribution in [0.3, 0.4) is 0 Å². The predicted octanol–water partition coefficient (Wildman–Crippen LogP) is 2.86. The summed E-state index contributed by atoms with van der Waals surface area (Å²) < 4.78 is 5.03. The van der Waals surface area contributed by atoms with Crippen LogP contribution in [0.25, 0.3) is 0 Å². The van der Waals surface area contributed by atoms with E-state index in [9.17, 15) is 4.79 Å². The molecule has 0 spiro atoms. The van der Waals surface area contributed by atoms with Crippen LogP contribution in [-0.4, -0.2) is 30.6 Å². The molecule has 2 N–H and O–H groups in total. The van der Waals surface area contributed by atoms with Crippen LogP contribution in [0.2, 0.25) is 0 Å². The van der Waals surface area contributed by atoms with Crippen LogP contribution in [0, 0.1) is 5.92 Å². The minimum atomic E-state index is -0.375. The maximum Gasteiger partial charge on any atom is 0.340 e. The summed E-state index contributed by atoms with van der Waals surface area (Å²) in [6.45, 7) is 6.27. The molecule has 0 atom stereocenters. The molecule has 1 aliphatic rings. The molecule has 1 fully saturated rings. The second-order valence-electron chi connectivity index (χ2n) is 5.54. The summed E-state index contributed by atoms with van der Waals surface area (Å²) >= 11 is 0. The van der Waals surface area contributed by atoms with Crippen LogP contribution in [0.15, 0.2) is 12.3 Å². The third kappa shape index (κ3) is 3.65. The first-order valence-corrected chi connectivity index (χ1v) is 7.83. The van der Waals surface area contributed by atoms with Crippen LogP contribution in [0.5, 0.6) is 0 Å². The molecule has 1 aromatic heterocycles. The van der Waals surface area contributed by atoms with Gasteiger partial charge in [-0.3, -0.25) is 0 Å². The number of anilines is 2. The maximum absolute atomic E-state index is 11.9. The molecule has 5 nitrogen and oxygen atoms in total. The van der Waals surface area contributed by atoms with Gasteiger partial charge in [-0.25, -0.2) is 9.78 Å². The van der Waals surface area contributed by atoms with E-state index >= 15 is 0 Å². The van der Waals surface area contributed by atoms with Crippen LogP contribution in [-0.2, 0) is 4.74 Å². The van der Waals surface area contributed by atoms with Gasteiger partial charge in [0, 0.05) is 19.3 Å². The lowest BCUT2D eigenvalue weighted by atomic mass is 9.92. The van der Waals surface area contributed by atoms with Crippen LogP contribution < -0.4 is 10.6 Å². The second-order valence-corrected chi connectivity index (χ2v) is 5.54. The first kappa shape index (κ1) is 15.6. The van der Waals surface area contributed by atoms with E-state index in [-0.39, 0.29) is 5.97 Å². The molecule has 1 aliphatic heterocycles. The van der Waals surface area contributed by atoms with Crippen molar-refractivity contribution in [2.75, 3.05) is 30.3 Å². The summed E-state index contributed by atoms with van der Waals surface area (Å²) in [6.07, 6.45) is 6.50. The molecule has 2 heterocycles. The summed E-state index contributed by atoms with van der Waals surface area (Å²) in [5.74, 6) is 1.15. The van der Waals surface area contributed by atoms with E-state index in [0.29, 0.717) is 17.9 Å². The molecule has 2 rings (SSSR count). The van der Waals surface area contributed by atoms with Gasteiger partial charge in [0.05, 0.1) is 17.9 Å². The predicted molar refractivity (Wildman–Crippen MR) is 84.5 cm³/mol. The average molecular weight is 291 g/mol. The van der Waals surface area contributed by atoms with Crippen LogP contribution in [0.1, 0.15) is 49.9 Å². The number of nitrogens with two attached hydrogens (primary N) is 1. The number of esters is 1. The van der Waals surface area contributed by atoms with E-state index in [1.165, 1.54) is 25.7 Å². The summed E-state index contributed by atoms with van der Waals surface area (Å²) in [6, 6.07) is 1.63. The van der Waals surface area contributed by atoms with Gasteiger partial charge in [-0.1, -0.05) is 19.8 Å². The van der Waals surface area contributed by atoms with Crippen molar-refractivity contribution in [1.82, 2.24) is 4.98 Å². The zero-order valence-corrected chi connectivity index (χ0v) is 13.0. The van der Waals surface area contributed by atoms with Gasteiger partial charge in [0.15, 0.2) is 5.82 Å². The third-order valence-electron chi connectivity index (χ3n) is 4.08. The second kappa shape index (κ2) is 7.29. The molecular weight excluding hydrogens is 266 g/mol. The fraction of sp³-hybridized carbons (Fsp3) is 0.625. The summed E-state index contributed by atoms with van der Waals surface area (Å²) in [5, 5.41) is 0. The number of aromatic nitrogens is 1. The Kier molecular flexibility index (Phi) is 5.42. The molecule has 116 valence electrons. The molecule has 1 saturated heterocycles. The van der Waals surface area contributed by atoms with Gasteiger partial charge in [-0.15, -0.1) is 0 Å². The number of nitrogens with zero attached hydrogens (tertiary/aromatic N) is 2. The number of rotatable bonds is 5. The standard InChI is InChI=1S/C16H25N3O2/c1-3-5-12-7-10-19(11-8-12)15-14(17)13(6-9-18-15)16(20)21-4-2/h6,9,12H,3-5,7-8,10-11,17H2,1-2H3. The highest BCUT2D eigenvalue weighted by Gasteiger charge is 2.23. The summed E-state index contributed by atoms with van der Waals surface area (Å²) in [5.41, 5.74) is 6.98. The fourth-order valence-electron chi connectivity index (χ4n) is 2.94. The lowest BCUT2D eigenvalue weighted by molar-refractivity contribution is 0.0527. The van der Waals surface area contributed by atoms with Crippen LogP contribution in [0.4, 0.5) is 11.5 Å². The lowest BCUT2D eigenvalue weighted by Crippen LogP contribution is -2.35. The average Bonchev–Trinajstić information content (AvgIpc) is 2.49. The quantitative estimate of drug-likeness (QED) is 0.845. The number of hydrogen-bond acceptors (Lipinski definition) is 5. The maximum atomic E-state index is 11.9. The molecule has 0 amide bonds. The highest BCUT2D eigenvalue weighted by Crippen LogP contribution is 2.30. The zero-order chi connectivity index (χ0) is 15.2. The van der Waals surface area contributed by atoms with Crippen molar-refractivity contribution in [3.05, 3.63) is 17.8 Å². The Morgan fingerprint density at radius 3 is 2.76 bits per heavy atom. The van der Waals surface area contributed by atoms with Crippen molar-refractivity contribution >= 4 is 17.5 Å². The fourth-order valence-corrected chi connectivity index (χ4v) is 2.94. The van der Waals surface area contributed by atoms with Gasteiger partial charge >= 0.3 is 5.97 Å². The third-order valence-corrected chi connectivity index (χ3v) is 4.08. The number of pyridine rings is 1. The Hall–Kier alpha value is -1.78. The molecule has 0 aromatic carbocycles. The molecule has 1 aromatic rings. The molecule has 0 bridgehead atoms. The largest absolute Gasteiger partial charge is 0.462 e. The Morgan fingerprint density at radius 1 is 1.43 bits per heavy atom. The molecule has 5 heteroatoms. The number of piperidine rings is 1. The van der Waals surface area contributed by atoms with Crippen molar-refractivity contribution in [2.24, 2.45) is 5.92 Å². The topological polar surface area (TPSA) is 68.5 Å². The Labute approximate surface area is 126 Å². The van der Waals surface area contributed by atoms with E-state index in [1.54, 1.807) is 19.2 Å². The van der Waals surface area contributed by atoms with Crippen molar-refractivity contribution in [3.63, 3.8) is 0 Å². The van der Waals surface area contributed by atoms with E-state index in [0.717, 1.165) is 24.8 Å². The molecule has 0 unspecified atom stereocenters. The van der Waals surface area contributed by atoms with E-state index in [4.69, 9.17) is 10.5 Å². The number of hydrogen-bond donors (Lipinski definition) is 1. The number of carbonyl (C=O) groups excluding carboxylic acids is 1. The van der Waals surface area contributed by atoms with Gasteiger partial charge < -0.3 is 15.4 Å². The van der Waals surface area contributed by atoms with Crippen molar-refractivity contribution in [2.45, 2.75) is 39.5 Å². The molecular formula is C16H25N3O2. The zero-order valence-electron chi connectivity index (χ0n) is 13.0. The summed E-state index contributed by atoms with van der Waals surface area (Å²) in [7, 11) is 0. The number of carbonyl (C=O) groups is 1. The number of ether oxygens (including phenoxy) is 1. The Morgan fingerprint density at radius 2 is 2.14 bits per heavy atom. The molecule has 0 aliphatic carbocycles. The minimum absolute atomic E-state index is 0.346. The molecule has 0 radical (unpaired) electrons. The lowest BCUT2D eigenvalue weighted by Gasteiger charge is -2.33. The minimum Gasteiger partial charge on any atom is -0.462 e. The van der Waals surface area contributed by atoms with Crippen molar-refractivity contribution in [3.8, 4) is 0 Å². The van der Waals surface area contributed by atoms with Crippen LogP contribution >= 0.6 is 0 Å². The monoisotopic (exact) mass is 291 g/mol.